The number of hydrogen-bond acceptors (Lipinski definition) is 2. The van der Waals surface area contributed by atoms with E-state index in [2.05, 4.69) is 22.3 Å². The predicted octanol–water partition coefficient (Wildman–Crippen LogP) is 4.59. The van der Waals surface area contributed by atoms with Crippen molar-refractivity contribution in [1.29, 1.82) is 0 Å². The molecule has 1 aliphatic rings. The maximum absolute atomic E-state index is 12.0. The summed E-state index contributed by atoms with van der Waals surface area (Å²) in [5, 5.41) is 3.56. The van der Waals surface area contributed by atoms with Gasteiger partial charge in [0.25, 0.3) is 0 Å². The highest BCUT2D eigenvalue weighted by atomic mass is 35.5. The first-order valence-corrected chi connectivity index (χ1v) is 8.63. The lowest BCUT2D eigenvalue weighted by molar-refractivity contribution is -0.111. The van der Waals surface area contributed by atoms with Gasteiger partial charge in [0.15, 0.2) is 0 Å². The van der Waals surface area contributed by atoms with Crippen LogP contribution in [0.2, 0.25) is 5.02 Å². The minimum absolute atomic E-state index is 0.141. The average molecular weight is 341 g/mol. The van der Waals surface area contributed by atoms with Gasteiger partial charge in [-0.25, -0.2) is 0 Å². The van der Waals surface area contributed by atoms with Gasteiger partial charge in [-0.3, -0.25) is 9.69 Å². The van der Waals surface area contributed by atoms with Crippen LogP contribution in [0.3, 0.4) is 0 Å². The Hall–Kier alpha value is -2.10. The van der Waals surface area contributed by atoms with Crippen molar-refractivity contribution in [3.63, 3.8) is 0 Å². The van der Waals surface area contributed by atoms with Crippen LogP contribution in [-0.4, -0.2) is 23.9 Å². The number of halogens is 1. The number of nitrogens with zero attached hydrogens (tertiary/aromatic N) is 1. The van der Waals surface area contributed by atoms with Crippen molar-refractivity contribution in [3.8, 4) is 0 Å². The minimum Gasteiger partial charge on any atom is -0.323 e. The summed E-state index contributed by atoms with van der Waals surface area (Å²) in [6.07, 6.45) is 5.90. The quantitative estimate of drug-likeness (QED) is 0.807. The molecular formula is C20H21ClN2O. The van der Waals surface area contributed by atoms with Gasteiger partial charge in [0, 0.05) is 23.3 Å². The standard InChI is InChI=1S/C20H21ClN2O/c21-18-8-3-16(4-9-18)7-12-20(24)22-19-10-5-17(6-11-19)15-23-13-1-2-14-23/h3-12H,1-2,13-15H2,(H,22,24)/b12-7+. The fraction of sp³-hybridized carbons (Fsp3) is 0.250. The number of hydrogen-bond donors (Lipinski definition) is 1. The summed E-state index contributed by atoms with van der Waals surface area (Å²) in [7, 11) is 0. The van der Waals surface area contributed by atoms with E-state index >= 15 is 0 Å². The molecular weight excluding hydrogens is 320 g/mol. The molecule has 1 aliphatic heterocycles. The fourth-order valence-electron chi connectivity index (χ4n) is 2.82. The molecule has 3 rings (SSSR count). The molecule has 0 bridgehead atoms. The Morgan fingerprint density at radius 3 is 2.38 bits per heavy atom. The molecule has 0 saturated carbocycles. The highest BCUT2D eigenvalue weighted by Gasteiger charge is 2.11. The number of amides is 1. The van der Waals surface area contributed by atoms with Gasteiger partial charge >= 0.3 is 0 Å². The maximum atomic E-state index is 12.0. The summed E-state index contributed by atoms with van der Waals surface area (Å²) in [6, 6.07) is 15.4. The highest BCUT2D eigenvalue weighted by molar-refractivity contribution is 6.30. The van der Waals surface area contributed by atoms with Crippen LogP contribution in [0.25, 0.3) is 6.08 Å². The second kappa shape index (κ2) is 8.13. The van der Waals surface area contributed by atoms with Gasteiger partial charge in [-0.05, 0) is 67.4 Å². The third kappa shape index (κ3) is 4.95. The monoisotopic (exact) mass is 340 g/mol. The summed E-state index contributed by atoms with van der Waals surface area (Å²) < 4.78 is 0. The van der Waals surface area contributed by atoms with E-state index in [1.807, 2.05) is 24.3 Å². The Labute approximate surface area is 147 Å². The smallest absolute Gasteiger partial charge is 0.248 e. The summed E-state index contributed by atoms with van der Waals surface area (Å²) in [5.41, 5.74) is 3.04. The summed E-state index contributed by atoms with van der Waals surface area (Å²) in [4.78, 5) is 14.4. The number of likely N-dealkylation sites (tertiary alicyclic amines) is 1. The van der Waals surface area contributed by atoms with Gasteiger partial charge in [-0.1, -0.05) is 35.9 Å². The number of carbonyl (C=O) groups is 1. The number of nitrogens with one attached hydrogen (secondary N) is 1. The van der Waals surface area contributed by atoms with E-state index in [1.165, 1.54) is 37.6 Å². The van der Waals surface area contributed by atoms with Crippen LogP contribution in [0.4, 0.5) is 5.69 Å². The number of carbonyl (C=O) groups excluding carboxylic acids is 1. The van der Waals surface area contributed by atoms with Crippen molar-refractivity contribution >= 4 is 29.3 Å². The predicted molar refractivity (Wildman–Crippen MR) is 100 cm³/mol. The second-order valence-electron chi connectivity index (χ2n) is 6.05. The highest BCUT2D eigenvalue weighted by Crippen LogP contribution is 2.15. The Morgan fingerprint density at radius 1 is 1.04 bits per heavy atom. The van der Waals surface area contributed by atoms with Crippen molar-refractivity contribution in [2.75, 3.05) is 18.4 Å². The molecule has 0 spiro atoms. The molecule has 0 aromatic heterocycles. The zero-order valence-corrected chi connectivity index (χ0v) is 14.3. The topological polar surface area (TPSA) is 32.3 Å². The van der Waals surface area contributed by atoms with Crippen LogP contribution in [0, 0.1) is 0 Å². The van der Waals surface area contributed by atoms with Crippen LogP contribution in [-0.2, 0) is 11.3 Å². The van der Waals surface area contributed by atoms with Gasteiger partial charge in [0.1, 0.15) is 0 Å². The molecule has 24 heavy (non-hydrogen) atoms. The van der Waals surface area contributed by atoms with Crippen molar-refractivity contribution in [2.24, 2.45) is 0 Å². The normalized spacial score (nSPS) is 15.0. The number of rotatable bonds is 5. The zero-order valence-electron chi connectivity index (χ0n) is 13.5. The minimum atomic E-state index is -0.141. The zero-order chi connectivity index (χ0) is 16.8. The molecule has 3 nitrogen and oxygen atoms in total. The Kier molecular flexibility index (Phi) is 5.68. The van der Waals surface area contributed by atoms with E-state index in [9.17, 15) is 4.79 Å². The van der Waals surface area contributed by atoms with E-state index in [-0.39, 0.29) is 5.91 Å². The summed E-state index contributed by atoms with van der Waals surface area (Å²) in [6.45, 7) is 3.37. The maximum Gasteiger partial charge on any atom is 0.248 e. The van der Waals surface area contributed by atoms with E-state index in [0.717, 1.165) is 17.8 Å². The Bertz CT molecular complexity index is 701. The lowest BCUT2D eigenvalue weighted by Crippen LogP contribution is -2.18. The molecule has 124 valence electrons. The van der Waals surface area contributed by atoms with Crippen molar-refractivity contribution in [2.45, 2.75) is 19.4 Å². The average Bonchev–Trinajstić information content (AvgIpc) is 3.09. The largest absolute Gasteiger partial charge is 0.323 e. The molecule has 1 fully saturated rings. The van der Waals surface area contributed by atoms with Crippen LogP contribution >= 0.6 is 11.6 Å². The van der Waals surface area contributed by atoms with E-state index in [0.29, 0.717) is 5.02 Å². The number of benzene rings is 2. The molecule has 0 aliphatic carbocycles. The van der Waals surface area contributed by atoms with Gasteiger partial charge < -0.3 is 5.32 Å². The fourth-order valence-corrected chi connectivity index (χ4v) is 2.95. The Balaban J connectivity index is 1.53. The Morgan fingerprint density at radius 2 is 1.71 bits per heavy atom. The van der Waals surface area contributed by atoms with E-state index < -0.39 is 0 Å². The van der Waals surface area contributed by atoms with E-state index in [4.69, 9.17) is 11.6 Å². The van der Waals surface area contributed by atoms with Crippen LogP contribution in [0.1, 0.15) is 24.0 Å². The van der Waals surface area contributed by atoms with Gasteiger partial charge in [-0.15, -0.1) is 0 Å². The molecule has 1 amide bonds. The summed E-state index contributed by atoms with van der Waals surface area (Å²) >= 11 is 5.84. The van der Waals surface area contributed by atoms with Crippen molar-refractivity contribution < 1.29 is 4.79 Å². The third-order valence-corrected chi connectivity index (χ3v) is 4.38. The van der Waals surface area contributed by atoms with Crippen molar-refractivity contribution in [3.05, 3.63) is 70.8 Å². The van der Waals surface area contributed by atoms with Crippen LogP contribution in [0.5, 0.6) is 0 Å². The molecule has 4 heteroatoms. The molecule has 2 aromatic carbocycles. The first kappa shape index (κ1) is 16.7. The molecule has 1 N–H and O–H groups in total. The molecule has 0 atom stereocenters. The van der Waals surface area contributed by atoms with Crippen LogP contribution < -0.4 is 5.32 Å². The van der Waals surface area contributed by atoms with Gasteiger partial charge in [0.05, 0.1) is 0 Å². The van der Waals surface area contributed by atoms with Gasteiger partial charge in [0.2, 0.25) is 5.91 Å². The summed E-state index contributed by atoms with van der Waals surface area (Å²) in [5.74, 6) is -0.141. The lowest BCUT2D eigenvalue weighted by atomic mass is 10.2. The first-order chi connectivity index (χ1) is 11.7. The van der Waals surface area contributed by atoms with Gasteiger partial charge in [-0.2, -0.15) is 0 Å². The molecule has 1 heterocycles. The van der Waals surface area contributed by atoms with Crippen LogP contribution in [0.15, 0.2) is 54.6 Å². The number of anilines is 1. The SMILES string of the molecule is O=C(/C=C/c1ccc(Cl)cc1)Nc1ccc(CN2CCCC2)cc1. The second-order valence-corrected chi connectivity index (χ2v) is 6.49. The lowest BCUT2D eigenvalue weighted by Gasteiger charge is -2.14. The molecule has 0 unspecified atom stereocenters. The first-order valence-electron chi connectivity index (χ1n) is 8.25. The molecule has 2 aromatic rings. The molecule has 0 radical (unpaired) electrons. The van der Waals surface area contributed by atoms with E-state index in [1.54, 1.807) is 18.2 Å². The van der Waals surface area contributed by atoms with Crippen molar-refractivity contribution in [1.82, 2.24) is 4.90 Å². The third-order valence-electron chi connectivity index (χ3n) is 4.12. The molecule has 1 saturated heterocycles.